The van der Waals surface area contributed by atoms with Gasteiger partial charge in [0.05, 0.1) is 6.10 Å². The maximum atomic E-state index is 9.49. The molecule has 0 aromatic rings. The van der Waals surface area contributed by atoms with E-state index in [1.54, 1.807) is 0 Å². The van der Waals surface area contributed by atoms with Crippen LogP contribution in [-0.2, 0) is 0 Å². The van der Waals surface area contributed by atoms with Crippen LogP contribution in [-0.4, -0.2) is 48.3 Å². The lowest BCUT2D eigenvalue weighted by molar-refractivity contribution is 0.0811. The first kappa shape index (κ1) is 9.44. The first-order chi connectivity index (χ1) is 6.18. The van der Waals surface area contributed by atoms with E-state index in [1.807, 2.05) is 6.92 Å². The highest BCUT2D eigenvalue weighted by Gasteiger charge is 2.38. The molecule has 0 aromatic heterocycles. The van der Waals surface area contributed by atoms with Crippen LogP contribution in [0.25, 0.3) is 0 Å². The highest BCUT2D eigenvalue weighted by molar-refractivity contribution is 4.93. The van der Waals surface area contributed by atoms with Crippen LogP contribution < -0.4 is 5.32 Å². The molecule has 0 radical (unpaired) electrons. The van der Waals surface area contributed by atoms with Gasteiger partial charge in [-0.15, -0.1) is 0 Å². The lowest BCUT2D eigenvalue weighted by atomic mass is 10.0. The van der Waals surface area contributed by atoms with Gasteiger partial charge in [-0.2, -0.15) is 0 Å². The predicted octanol–water partition coefficient (Wildman–Crippen LogP) is -0.0931. The first-order valence-electron chi connectivity index (χ1n) is 5.31. The van der Waals surface area contributed by atoms with Gasteiger partial charge in [-0.05, 0) is 38.8 Å². The molecule has 0 amide bonds. The average molecular weight is 184 g/mol. The molecule has 2 heterocycles. The largest absolute Gasteiger partial charge is 0.392 e. The van der Waals surface area contributed by atoms with E-state index in [0.717, 1.165) is 11.8 Å². The Kier molecular flexibility index (Phi) is 2.58. The Morgan fingerprint density at radius 2 is 1.77 bits per heavy atom. The van der Waals surface area contributed by atoms with Crippen LogP contribution in [0.15, 0.2) is 0 Å². The summed E-state index contributed by atoms with van der Waals surface area (Å²) in [5.74, 6) is 1.67. The molecule has 2 saturated heterocycles. The second-order valence-electron chi connectivity index (χ2n) is 4.61. The van der Waals surface area contributed by atoms with E-state index >= 15 is 0 Å². The summed E-state index contributed by atoms with van der Waals surface area (Å²) in [7, 11) is 0. The highest BCUT2D eigenvalue weighted by Crippen LogP contribution is 2.28. The van der Waals surface area contributed by atoms with Gasteiger partial charge in [0.1, 0.15) is 0 Å². The minimum atomic E-state index is -0.202. The van der Waals surface area contributed by atoms with Crippen molar-refractivity contribution < 1.29 is 5.11 Å². The summed E-state index contributed by atoms with van der Waals surface area (Å²) in [5.41, 5.74) is 0. The fourth-order valence-corrected chi connectivity index (χ4v) is 2.53. The van der Waals surface area contributed by atoms with Crippen molar-refractivity contribution >= 4 is 0 Å². The molecule has 0 spiro atoms. The highest BCUT2D eigenvalue weighted by atomic mass is 16.3. The van der Waals surface area contributed by atoms with Gasteiger partial charge in [-0.3, -0.25) is 4.90 Å². The molecule has 3 nitrogen and oxygen atoms in total. The van der Waals surface area contributed by atoms with E-state index in [9.17, 15) is 5.11 Å². The van der Waals surface area contributed by atoms with Crippen molar-refractivity contribution in [3.63, 3.8) is 0 Å². The van der Waals surface area contributed by atoms with E-state index in [1.165, 1.54) is 26.2 Å². The smallest absolute Gasteiger partial charge is 0.0664 e. The number of nitrogens with one attached hydrogen (secondary N) is 1. The molecular weight excluding hydrogens is 164 g/mol. The van der Waals surface area contributed by atoms with E-state index in [-0.39, 0.29) is 6.10 Å². The third kappa shape index (κ3) is 1.73. The first-order valence-corrected chi connectivity index (χ1v) is 5.31. The van der Waals surface area contributed by atoms with Gasteiger partial charge in [0.15, 0.2) is 0 Å². The number of fused-ring (bicyclic) bond motifs is 1. The quantitative estimate of drug-likeness (QED) is 0.629. The van der Waals surface area contributed by atoms with Crippen LogP contribution in [0.1, 0.15) is 13.8 Å². The zero-order valence-corrected chi connectivity index (χ0v) is 8.53. The van der Waals surface area contributed by atoms with Crippen LogP contribution in [0.3, 0.4) is 0 Å². The Balaban J connectivity index is 1.91. The molecule has 76 valence electrons. The molecule has 4 unspecified atom stereocenters. The minimum absolute atomic E-state index is 0.202. The summed E-state index contributed by atoms with van der Waals surface area (Å²) in [6.07, 6.45) is -0.202. The topological polar surface area (TPSA) is 35.5 Å². The summed E-state index contributed by atoms with van der Waals surface area (Å²) in [6.45, 7) is 8.70. The molecule has 4 atom stereocenters. The summed E-state index contributed by atoms with van der Waals surface area (Å²) in [6, 6.07) is 0.325. The third-order valence-corrected chi connectivity index (χ3v) is 3.69. The molecule has 0 aromatic carbocycles. The van der Waals surface area contributed by atoms with E-state index < -0.39 is 0 Å². The normalized spacial score (nSPS) is 39.0. The van der Waals surface area contributed by atoms with Crippen molar-refractivity contribution in [3.05, 3.63) is 0 Å². The summed E-state index contributed by atoms with van der Waals surface area (Å²) < 4.78 is 0. The van der Waals surface area contributed by atoms with Crippen LogP contribution in [0.5, 0.6) is 0 Å². The summed E-state index contributed by atoms with van der Waals surface area (Å²) >= 11 is 0. The second kappa shape index (κ2) is 3.56. The second-order valence-corrected chi connectivity index (χ2v) is 4.61. The number of nitrogens with zero attached hydrogens (tertiary/aromatic N) is 1. The van der Waals surface area contributed by atoms with Crippen molar-refractivity contribution in [2.75, 3.05) is 26.2 Å². The molecule has 13 heavy (non-hydrogen) atoms. The van der Waals surface area contributed by atoms with Crippen molar-refractivity contribution in [1.29, 1.82) is 0 Å². The van der Waals surface area contributed by atoms with Crippen LogP contribution >= 0.6 is 0 Å². The number of likely N-dealkylation sites (tertiary alicyclic amines) is 1. The maximum absolute atomic E-state index is 9.49. The van der Waals surface area contributed by atoms with Gasteiger partial charge >= 0.3 is 0 Å². The fraction of sp³-hybridized carbons (Fsp3) is 1.00. The lowest BCUT2D eigenvalue weighted by Crippen LogP contribution is -2.40. The Morgan fingerprint density at radius 1 is 1.23 bits per heavy atom. The summed E-state index contributed by atoms with van der Waals surface area (Å²) in [5, 5.41) is 12.9. The van der Waals surface area contributed by atoms with Gasteiger partial charge in [0.2, 0.25) is 0 Å². The van der Waals surface area contributed by atoms with E-state index in [4.69, 9.17) is 0 Å². The monoisotopic (exact) mass is 184 g/mol. The SMILES string of the molecule is CC(O)C(C)N1CC2CNCC2C1. The molecule has 2 fully saturated rings. The Labute approximate surface area is 80.1 Å². The number of hydrogen-bond donors (Lipinski definition) is 2. The molecule has 0 aliphatic carbocycles. The average Bonchev–Trinajstić information content (AvgIpc) is 2.59. The third-order valence-electron chi connectivity index (χ3n) is 3.69. The van der Waals surface area contributed by atoms with Crippen molar-refractivity contribution in [1.82, 2.24) is 10.2 Å². The Hall–Kier alpha value is -0.120. The van der Waals surface area contributed by atoms with Gasteiger partial charge < -0.3 is 10.4 Å². The van der Waals surface area contributed by atoms with E-state index in [2.05, 4.69) is 17.1 Å². The van der Waals surface area contributed by atoms with Crippen molar-refractivity contribution in [2.24, 2.45) is 11.8 Å². The molecule has 2 rings (SSSR count). The molecule has 0 saturated carbocycles. The van der Waals surface area contributed by atoms with Crippen LogP contribution in [0.2, 0.25) is 0 Å². The Morgan fingerprint density at radius 3 is 2.23 bits per heavy atom. The number of rotatable bonds is 2. The maximum Gasteiger partial charge on any atom is 0.0664 e. The van der Waals surface area contributed by atoms with Gasteiger partial charge in [0.25, 0.3) is 0 Å². The molecule has 2 aliphatic heterocycles. The lowest BCUT2D eigenvalue weighted by Gasteiger charge is -2.27. The van der Waals surface area contributed by atoms with Gasteiger partial charge in [-0.1, -0.05) is 0 Å². The molecule has 2 aliphatic rings. The van der Waals surface area contributed by atoms with Crippen LogP contribution in [0.4, 0.5) is 0 Å². The molecule has 2 N–H and O–H groups in total. The summed E-state index contributed by atoms with van der Waals surface area (Å²) in [4.78, 5) is 2.43. The zero-order chi connectivity index (χ0) is 9.42. The fourth-order valence-electron chi connectivity index (χ4n) is 2.53. The van der Waals surface area contributed by atoms with Crippen molar-refractivity contribution in [3.8, 4) is 0 Å². The number of aliphatic hydroxyl groups is 1. The predicted molar refractivity (Wildman–Crippen MR) is 52.6 cm³/mol. The molecule has 0 bridgehead atoms. The van der Waals surface area contributed by atoms with E-state index in [0.29, 0.717) is 6.04 Å². The number of aliphatic hydroxyl groups excluding tert-OH is 1. The zero-order valence-electron chi connectivity index (χ0n) is 8.53. The molecule has 3 heteroatoms. The number of hydrogen-bond acceptors (Lipinski definition) is 3. The van der Waals surface area contributed by atoms with Gasteiger partial charge in [-0.25, -0.2) is 0 Å². The van der Waals surface area contributed by atoms with Gasteiger partial charge in [0, 0.05) is 19.1 Å². The minimum Gasteiger partial charge on any atom is -0.392 e. The van der Waals surface area contributed by atoms with Crippen LogP contribution in [0, 0.1) is 11.8 Å². The van der Waals surface area contributed by atoms with Crippen molar-refractivity contribution in [2.45, 2.75) is 26.0 Å². The standard InChI is InChI=1S/C10H20N2O/c1-7(8(2)13)12-5-9-3-11-4-10(9)6-12/h7-11,13H,3-6H2,1-2H3. The Bertz CT molecular complexity index is 172. The molecular formula is C10H20N2O.